The maximum Gasteiger partial charge on any atom is 0.242 e. The van der Waals surface area contributed by atoms with Crippen LogP contribution >= 0.6 is 27.5 Å². The van der Waals surface area contributed by atoms with Crippen molar-refractivity contribution in [2.45, 2.75) is 52.7 Å². The highest BCUT2D eigenvalue weighted by Gasteiger charge is 2.28. The third kappa shape index (κ3) is 8.98. The van der Waals surface area contributed by atoms with E-state index >= 15 is 0 Å². The molecule has 0 aromatic heterocycles. The molecule has 212 valence electrons. The van der Waals surface area contributed by atoms with Gasteiger partial charge >= 0.3 is 0 Å². The topological polar surface area (TPSA) is 87.9 Å². The van der Waals surface area contributed by atoms with Crippen LogP contribution in [0.15, 0.2) is 53.5 Å². The fourth-order valence-corrected chi connectivity index (χ4v) is 5.31. The first-order valence-electron chi connectivity index (χ1n) is 13.5. The second-order valence-electron chi connectivity index (χ2n) is 10.2. The predicted molar refractivity (Wildman–Crippen MR) is 162 cm³/mol. The maximum atomic E-state index is 12.8. The Morgan fingerprint density at radius 1 is 1.15 bits per heavy atom. The van der Waals surface area contributed by atoms with Crippen molar-refractivity contribution in [3.8, 4) is 5.75 Å². The van der Waals surface area contributed by atoms with Gasteiger partial charge in [-0.25, -0.2) is 0 Å². The Balaban J connectivity index is 1.51. The smallest absolute Gasteiger partial charge is 0.242 e. The third-order valence-corrected chi connectivity index (χ3v) is 8.51. The Kier molecular flexibility index (Phi) is 11.7. The Bertz CT molecular complexity index is 1130. The zero-order valence-corrected chi connectivity index (χ0v) is 25.3. The minimum absolute atomic E-state index is 0.0258. The lowest BCUT2D eigenvalue weighted by molar-refractivity contribution is -0.134. The fraction of sp³-hybridized carbons (Fsp3) is 0.467. The number of carbonyl (C=O) groups is 2. The number of nitrogens with two attached hydrogens (primary N) is 1. The lowest BCUT2D eigenvalue weighted by atomic mass is 9.76. The maximum absolute atomic E-state index is 12.8. The number of hydrogen-bond acceptors (Lipinski definition) is 5. The monoisotopic (exact) mass is 618 g/mol. The molecular formula is C30H40BrClN4O3. The number of amides is 2. The molecule has 2 aromatic rings. The van der Waals surface area contributed by atoms with Gasteiger partial charge in [0.2, 0.25) is 11.8 Å². The number of ether oxygens (including phenoxy) is 1. The predicted octanol–water partition coefficient (Wildman–Crippen LogP) is 5.80. The van der Waals surface area contributed by atoms with Crippen LogP contribution in [0.3, 0.4) is 0 Å². The average molecular weight is 620 g/mol. The molecule has 1 aliphatic heterocycles. The van der Waals surface area contributed by atoms with Crippen molar-refractivity contribution in [3.63, 3.8) is 0 Å². The van der Waals surface area contributed by atoms with E-state index in [2.05, 4.69) is 46.6 Å². The molecule has 0 unspecified atom stereocenters. The lowest BCUT2D eigenvalue weighted by Crippen LogP contribution is -2.51. The number of piperazine rings is 1. The highest BCUT2D eigenvalue weighted by molar-refractivity contribution is 9.10. The zero-order chi connectivity index (χ0) is 28.4. The summed E-state index contributed by atoms with van der Waals surface area (Å²) >= 11 is 9.79. The van der Waals surface area contributed by atoms with Crippen molar-refractivity contribution in [3.05, 3.63) is 69.7 Å². The number of nitrogens with zero attached hydrogens (tertiary/aromatic N) is 2. The van der Waals surface area contributed by atoms with Gasteiger partial charge in [0.1, 0.15) is 12.4 Å². The second-order valence-corrected chi connectivity index (χ2v) is 11.5. The van der Waals surface area contributed by atoms with E-state index in [9.17, 15) is 9.59 Å². The molecular weight excluding hydrogens is 580 g/mol. The summed E-state index contributed by atoms with van der Waals surface area (Å²) in [6.07, 6.45) is 4.87. The largest absolute Gasteiger partial charge is 0.488 e. The van der Waals surface area contributed by atoms with E-state index in [1.165, 1.54) is 0 Å². The Morgan fingerprint density at radius 2 is 1.82 bits per heavy atom. The van der Waals surface area contributed by atoms with Crippen LogP contribution in [0.4, 0.5) is 5.69 Å². The Morgan fingerprint density at radius 3 is 2.44 bits per heavy atom. The van der Waals surface area contributed by atoms with Crippen molar-refractivity contribution in [2.24, 2.45) is 5.41 Å². The zero-order valence-electron chi connectivity index (χ0n) is 23.0. The average Bonchev–Trinajstić information content (AvgIpc) is 2.93. The fourth-order valence-electron chi connectivity index (χ4n) is 4.86. The molecule has 0 radical (unpaired) electrons. The minimum atomic E-state index is -0.0910. The summed E-state index contributed by atoms with van der Waals surface area (Å²) in [4.78, 5) is 29.5. The summed E-state index contributed by atoms with van der Waals surface area (Å²) in [5.41, 5.74) is 8.45. The molecule has 0 aliphatic carbocycles. The number of allylic oxidation sites excluding steroid dienone is 1. The van der Waals surface area contributed by atoms with Gasteiger partial charge in [-0.3, -0.25) is 14.5 Å². The summed E-state index contributed by atoms with van der Waals surface area (Å²) in [7, 11) is 0. The van der Waals surface area contributed by atoms with E-state index in [1.54, 1.807) is 6.07 Å². The summed E-state index contributed by atoms with van der Waals surface area (Å²) in [6, 6.07) is 11.6. The molecule has 1 aliphatic rings. The molecule has 0 spiro atoms. The molecule has 39 heavy (non-hydrogen) atoms. The minimum Gasteiger partial charge on any atom is -0.488 e. The van der Waals surface area contributed by atoms with Crippen molar-refractivity contribution >= 4 is 45.0 Å². The number of rotatable bonds is 13. The van der Waals surface area contributed by atoms with Crippen LogP contribution in [0.5, 0.6) is 5.75 Å². The molecule has 2 amide bonds. The van der Waals surface area contributed by atoms with Gasteiger partial charge in [0.25, 0.3) is 0 Å². The first-order chi connectivity index (χ1) is 18.7. The van der Waals surface area contributed by atoms with E-state index in [-0.39, 0.29) is 23.8 Å². The van der Waals surface area contributed by atoms with Gasteiger partial charge in [-0.05, 0) is 48.4 Å². The summed E-state index contributed by atoms with van der Waals surface area (Å²) in [5.74, 6) is 0.565. The number of benzene rings is 2. The molecule has 1 saturated heterocycles. The van der Waals surface area contributed by atoms with E-state index in [4.69, 9.17) is 22.1 Å². The van der Waals surface area contributed by atoms with Crippen molar-refractivity contribution in [1.82, 2.24) is 15.1 Å². The van der Waals surface area contributed by atoms with Crippen LogP contribution in [-0.4, -0.2) is 54.3 Å². The van der Waals surface area contributed by atoms with Gasteiger partial charge in [-0.2, -0.15) is 0 Å². The van der Waals surface area contributed by atoms with Gasteiger partial charge in [0.05, 0.1) is 17.3 Å². The SMILES string of the molecule is C=CCC(CC)(CC)CC(=O)NCC(=O)N1CCN(Cc2cc(Cl)c(N)cc2OCc2ccc(Br)cc2)CC1. The molecule has 7 nitrogen and oxygen atoms in total. The first kappa shape index (κ1) is 31.0. The van der Waals surface area contributed by atoms with Gasteiger partial charge in [0.15, 0.2) is 0 Å². The van der Waals surface area contributed by atoms with Crippen LogP contribution in [0.25, 0.3) is 0 Å². The number of halogens is 2. The van der Waals surface area contributed by atoms with Crippen LogP contribution in [0.2, 0.25) is 5.02 Å². The highest BCUT2D eigenvalue weighted by Crippen LogP contribution is 2.35. The van der Waals surface area contributed by atoms with E-state index in [1.807, 2.05) is 41.3 Å². The van der Waals surface area contributed by atoms with Crippen molar-refractivity contribution < 1.29 is 14.3 Å². The lowest BCUT2D eigenvalue weighted by Gasteiger charge is -2.35. The molecule has 0 bridgehead atoms. The van der Waals surface area contributed by atoms with Gasteiger partial charge in [0, 0.05) is 55.2 Å². The van der Waals surface area contributed by atoms with Crippen molar-refractivity contribution in [2.75, 3.05) is 38.5 Å². The van der Waals surface area contributed by atoms with Crippen molar-refractivity contribution in [1.29, 1.82) is 0 Å². The van der Waals surface area contributed by atoms with Crippen LogP contribution in [-0.2, 0) is 22.7 Å². The van der Waals surface area contributed by atoms with Gasteiger partial charge in [-0.1, -0.05) is 59.6 Å². The molecule has 1 fully saturated rings. The summed E-state index contributed by atoms with van der Waals surface area (Å²) < 4.78 is 7.14. The number of nitrogens with one attached hydrogen (secondary N) is 1. The number of nitrogen functional groups attached to an aromatic ring is 1. The number of anilines is 1. The molecule has 3 N–H and O–H groups in total. The summed E-state index contributed by atoms with van der Waals surface area (Å²) in [5, 5.41) is 3.33. The molecule has 0 saturated carbocycles. The quantitative estimate of drug-likeness (QED) is 0.219. The summed E-state index contributed by atoms with van der Waals surface area (Å²) in [6.45, 7) is 11.7. The highest BCUT2D eigenvalue weighted by atomic mass is 79.9. The second kappa shape index (κ2) is 14.7. The van der Waals surface area contributed by atoms with E-state index in [0.29, 0.717) is 62.2 Å². The number of carbonyl (C=O) groups excluding carboxylic acids is 2. The van der Waals surface area contributed by atoms with Crippen LogP contribution < -0.4 is 15.8 Å². The van der Waals surface area contributed by atoms with Gasteiger partial charge in [-0.15, -0.1) is 6.58 Å². The molecule has 1 heterocycles. The van der Waals surface area contributed by atoms with Crippen LogP contribution in [0, 0.1) is 5.41 Å². The van der Waals surface area contributed by atoms with Gasteiger partial charge < -0.3 is 20.7 Å². The number of hydrogen-bond donors (Lipinski definition) is 2. The van der Waals surface area contributed by atoms with E-state index < -0.39 is 0 Å². The first-order valence-corrected chi connectivity index (χ1v) is 14.7. The molecule has 2 aromatic carbocycles. The normalized spacial score (nSPS) is 14.2. The van der Waals surface area contributed by atoms with Crippen LogP contribution in [0.1, 0.15) is 50.7 Å². The molecule has 0 atom stereocenters. The molecule has 9 heteroatoms. The molecule has 3 rings (SSSR count). The third-order valence-electron chi connectivity index (χ3n) is 7.66. The Hall–Kier alpha value is -2.55. The van der Waals surface area contributed by atoms with E-state index in [0.717, 1.165) is 34.9 Å². The Labute approximate surface area is 245 Å². The standard InChI is InChI=1S/C30H40BrClN4O3/c1-4-11-30(5-2,6-3)18-28(37)34-19-29(38)36-14-12-35(13-15-36)20-23-16-25(32)26(33)17-27(23)39-21-22-7-9-24(31)10-8-22/h4,7-10,16-17H,1,5-6,11-15,18-21,33H2,2-3H3,(H,34,37).